The van der Waals surface area contributed by atoms with Crippen LogP contribution in [-0.2, 0) is 9.59 Å². The van der Waals surface area contributed by atoms with E-state index in [0.717, 1.165) is 9.78 Å². The molecule has 0 aliphatic carbocycles. The number of hydrogen-bond donors (Lipinski definition) is 1. The second-order valence-electron chi connectivity index (χ2n) is 3.15. The molecule has 1 heterocycles. The molecule has 2 N–H and O–H groups in total. The summed E-state index contributed by atoms with van der Waals surface area (Å²) >= 11 is 1.53. The maximum Gasteiger partial charge on any atom is 0.253 e. The molecular weight excluding hydrogens is 224 g/mol. The van der Waals surface area contributed by atoms with Crippen molar-refractivity contribution < 1.29 is 9.59 Å². The van der Waals surface area contributed by atoms with Crippen LogP contribution in [0.1, 0.15) is 11.8 Å². The maximum absolute atomic E-state index is 11.6. The van der Waals surface area contributed by atoms with Crippen LogP contribution in [0, 0.1) is 0 Å². The zero-order chi connectivity index (χ0) is 12.0. The molecule has 1 aromatic heterocycles. The summed E-state index contributed by atoms with van der Waals surface area (Å²) in [6, 6.07) is 3.80. The van der Waals surface area contributed by atoms with Crippen LogP contribution in [0.4, 0.5) is 0 Å². The van der Waals surface area contributed by atoms with E-state index in [9.17, 15) is 9.59 Å². The number of hydrogen-bond acceptors (Lipinski definition) is 4. The molecule has 0 fully saturated rings. The average molecular weight is 238 g/mol. The van der Waals surface area contributed by atoms with Crippen molar-refractivity contribution in [1.29, 1.82) is 0 Å². The lowest BCUT2D eigenvalue weighted by molar-refractivity contribution is -0.140. The van der Waals surface area contributed by atoms with Crippen LogP contribution in [0.3, 0.4) is 0 Å². The topological polar surface area (TPSA) is 63.4 Å². The summed E-state index contributed by atoms with van der Waals surface area (Å²) in [5, 5.41) is 1.92. The monoisotopic (exact) mass is 238 g/mol. The van der Waals surface area contributed by atoms with Gasteiger partial charge in [0.25, 0.3) is 5.91 Å². The Balaban J connectivity index is 2.65. The minimum Gasteiger partial charge on any atom is -0.329 e. The van der Waals surface area contributed by atoms with Gasteiger partial charge in [0, 0.05) is 31.0 Å². The molecule has 1 aromatic rings. The van der Waals surface area contributed by atoms with Crippen LogP contribution in [0.15, 0.2) is 23.6 Å². The third kappa shape index (κ3) is 3.60. The van der Waals surface area contributed by atoms with Gasteiger partial charge in [-0.1, -0.05) is 6.07 Å². The molecule has 0 spiro atoms. The Morgan fingerprint density at radius 2 is 2.31 bits per heavy atom. The highest BCUT2D eigenvalue weighted by molar-refractivity contribution is 7.10. The number of amides is 2. The van der Waals surface area contributed by atoms with E-state index < -0.39 is 0 Å². The standard InChI is InChI=1S/C11H14N2O2S/c1-9(14)13(7-6-12)11(15)5-4-10-3-2-8-16-10/h2-5,8H,6-7,12H2,1H3/b5-4+. The fraction of sp³-hybridized carbons (Fsp3) is 0.273. The van der Waals surface area contributed by atoms with Gasteiger partial charge in [-0.3, -0.25) is 14.5 Å². The normalized spacial score (nSPS) is 10.6. The van der Waals surface area contributed by atoms with Crippen LogP contribution in [0.2, 0.25) is 0 Å². The molecule has 16 heavy (non-hydrogen) atoms. The third-order valence-corrected chi connectivity index (χ3v) is 2.77. The molecule has 0 unspecified atom stereocenters. The van der Waals surface area contributed by atoms with Crippen molar-refractivity contribution in [1.82, 2.24) is 4.90 Å². The first-order valence-electron chi connectivity index (χ1n) is 4.89. The fourth-order valence-electron chi connectivity index (χ4n) is 1.18. The lowest BCUT2D eigenvalue weighted by Gasteiger charge is -2.15. The Morgan fingerprint density at radius 3 is 2.81 bits per heavy atom. The molecule has 1 rings (SSSR count). The van der Waals surface area contributed by atoms with Crippen LogP contribution in [0.25, 0.3) is 6.08 Å². The van der Waals surface area contributed by atoms with Crippen LogP contribution >= 0.6 is 11.3 Å². The van der Waals surface area contributed by atoms with Gasteiger partial charge in [0.15, 0.2) is 0 Å². The smallest absolute Gasteiger partial charge is 0.253 e. The number of nitrogens with zero attached hydrogens (tertiary/aromatic N) is 1. The molecule has 0 atom stereocenters. The predicted molar refractivity (Wildman–Crippen MR) is 64.8 cm³/mol. The van der Waals surface area contributed by atoms with Gasteiger partial charge in [-0.15, -0.1) is 11.3 Å². The van der Waals surface area contributed by atoms with Gasteiger partial charge in [0.05, 0.1) is 0 Å². The first-order chi connectivity index (χ1) is 7.65. The van der Waals surface area contributed by atoms with Crippen molar-refractivity contribution in [2.24, 2.45) is 5.73 Å². The van der Waals surface area contributed by atoms with Crippen molar-refractivity contribution in [3.63, 3.8) is 0 Å². The van der Waals surface area contributed by atoms with E-state index >= 15 is 0 Å². The molecule has 5 heteroatoms. The summed E-state index contributed by atoms with van der Waals surface area (Å²) < 4.78 is 0. The van der Waals surface area contributed by atoms with Crippen LogP contribution in [-0.4, -0.2) is 29.8 Å². The number of carbonyl (C=O) groups excluding carboxylic acids is 2. The number of nitrogens with two attached hydrogens (primary N) is 1. The predicted octanol–water partition coefficient (Wildman–Crippen LogP) is 1.10. The quantitative estimate of drug-likeness (QED) is 0.799. The Kier molecular flexibility index (Phi) is 4.88. The van der Waals surface area contributed by atoms with Gasteiger partial charge < -0.3 is 5.73 Å². The van der Waals surface area contributed by atoms with Crippen molar-refractivity contribution in [2.75, 3.05) is 13.1 Å². The number of imide groups is 1. The van der Waals surface area contributed by atoms with Gasteiger partial charge in [0.2, 0.25) is 5.91 Å². The number of carbonyl (C=O) groups is 2. The summed E-state index contributed by atoms with van der Waals surface area (Å²) in [5.74, 6) is -0.613. The van der Waals surface area contributed by atoms with E-state index in [1.165, 1.54) is 24.3 Å². The summed E-state index contributed by atoms with van der Waals surface area (Å²) in [7, 11) is 0. The molecule has 0 saturated carbocycles. The molecule has 0 radical (unpaired) electrons. The Morgan fingerprint density at radius 1 is 1.56 bits per heavy atom. The Bertz CT molecular complexity index is 385. The van der Waals surface area contributed by atoms with Gasteiger partial charge >= 0.3 is 0 Å². The summed E-state index contributed by atoms with van der Waals surface area (Å²) in [6.45, 7) is 1.88. The number of thiophene rings is 1. The molecule has 0 saturated heterocycles. The molecule has 86 valence electrons. The van der Waals surface area contributed by atoms with E-state index in [1.807, 2.05) is 17.5 Å². The van der Waals surface area contributed by atoms with Crippen molar-refractivity contribution in [3.8, 4) is 0 Å². The highest BCUT2D eigenvalue weighted by atomic mass is 32.1. The molecule has 0 aromatic carbocycles. The molecule has 0 bridgehead atoms. The van der Waals surface area contributed by atoms with E-state index in [-0.39, 0.29) is 24.9 Å². The van der Waals surface area contributed by atoms with Crippen molar-refractivity contribution >= 4 is 29.2 Å². The first kappa shape index (κ1) is 12.6. The highest BCUT2D eigenvalue weighted by Gasteiger charge is 2.13. The Labute approximate surface area is 98.4 Å². The minimum absolute atomic E-state index is 0.253. The molecule has 0 aliphatic heterocycles. The first-order valence-corrected chi connectivity index (χ1v) is 5.77. The zero-order valence-corrected chi connectivity index (χ0v) is 9.87. The van der Waals surface area contributed by atoms with Gasteiger partial charge in [0.1, 0.15) is 0 Å². The minimum atomic E-state index is -0.327. The molecule has 4 nitrogen and oxygen atoms in total. The van der Waals surface area contributed by atoms with E-state index in [0.29, 0.717) is 0 Å². The third-order valence-electron chi connectivity index (χ3n) is 1.93. The van der Waals surface area contributed by atoms with Crippen molar-refractivity contribution in [3.05, 3.63) is 28.5 Å². The average Bonchev–Trinajstić information content (AvgIpc) is 2.75. The largest absolute Gasteiger partial charge is 0.329 e. The summed E-state index contributed by atoms with van der Waals surface area (Å²) in [5.41, 5.74) is 5.33. The molecule has 0 aliphatic rings. The van der Waals surface area contributed by atoms with Gasteiger partial charge in [-0.25, -0.2) is 0 Å². The van der Waals surface area contributed by atoms with Crippen molar-refractivity contribution in [2.45, 2.75) is 6.92 Å². The molecule has 2 amide bonds. The lowest BCUT2D eigenvalue weighted by Crippen LogP contribution is -2.37. The van der Waals surface area contributed by atoms with Gasteiger partial charge in [-0.05, 0) is 17.5 Å². The lowest BCUT2D eigenvalue weighted by atomic mass is 10.3. The number of rotatable bonds is 4. The fourth-order valence-corrected chi connectivity index (χ4v) is 1.80. The van der Waals surface area contributed by atoms with E-state index in [4.69, 9.17) is 5.73 Å². The van der Waals surface area contributed by atoms with Crippen LogP contribution < -0.4 is 5.73 Å². The Hall–Kier alpha value is -1.46. The molecular formula is C11H14N2O2S. The van der Waals surface area contributed by atoms with E-state index in [2.05, 4.69) is 0 Å². The highest BCUT2D eigenvalue weighted by Crippen LogP contribution is 2.10. The van der Waals surface area contributed by atoms with E-state index in [1.54, 1.807) is 6.08 Å². The summed E-state index contributed by atoms with van der Waals surface area (Å²) in [6.07, 6.45) is 3.09. The SMILES string of the molecule is CC(=O)N(CCN)C(=O)/C=C/c1cccs1. The van der Waals surface area contributed by atoms with Gasteiger partial charge in [-0.2, -0.15) is 0 Å². The second-order valence-corrected chi connectivity index (χ2v) is 4.13. The second kappa shape index (κ2) is 6.19. The zero-order valence-electron chi connectivity index (χ0n) is 9.05. The summed E-state index contributed by atoms with van der Waals surface area (Å²) in [4.78, 5) is 24.9. The van der Waals surface area contributed by atoms with Crippen LogP contribution in [0.5, 0.6) is 0 Å². The maximum atomic E-state index is 11.6.